The van der Waals surface area contributed by atoms with Crippen LogP contribution in [0, 0.1) is 0 Å². The maximum atomic E-state index is 5.35. The van der Waals surface area contributed by atoms with Crippen molar-refractivity contribution in [3.8, 4) is 0 Å². The SMILES string of the molecule is NCCNC=CCCCCNCCN. The van der Waals surface area contributed by atoms with Crippen molar-refractivity contribution in [2.75, 3.05) is 32.7 Å². The summed E-state index contributed by atoms with van der Waals surface area (Å²) in [5, 5.41) is 6.37. The summed E-state index contributed by atoms with van der Waals surface area (Å²) in [5.74, 6) is 0. The molecule has 0 amide bonds. The van der Waals surface area contributed by atoms with Crippen LogP contribution in [0.4, 0.5) is 0 Å². The van der Waals surface area contributed by atoms with Crippen LogP contribution >= 0.6 is 0 Å². The Morgan fingerprint density at radius 1 is 0.929 bits per heavy atom. The molecule has 0 bridgehead atoms. The fourth-order valence-electron chi connectivity index (χ4n) is 1.07. The Morgan fingerprint density at radius 2 is 1.71 bits per heavy atom. The summed E-state index contributed by atoms with van der Waals surface area (Å²) in [6.07, 6.45) is 7.69. The second-order valence-electron chi connectivity index (χ2n) is 3.18. The first kappa shape index (κ1) is 13.4. The van der Waals surface area contributed by atoms with Crippen molar-refractivity contribution in [1.82, 2.24) is 10.6 Å². The molecule has 0 aliphatic rings. The molecule has 0 saturated carbocycles. The van der Waals surface area contributed by atoms with Crippen molar-refractivity contribution >= 4 is 0 Å². The molecule has 0 aliphatic carbocycles. The summed E-state index contributed by atoms with van der Waals surface area (Å²) in [5.41, 5.74) is 10.7. The van der Waals surface area contributed by atoms with E-state index in [0.29, 0.717) is 6.54 Å². The third kappa shape index (κ3) is 11.4. The topological polar surface area (TPSA) is 76.1 Å². The third-order valence-corrected chi connectivity index (χ3v) is 1.82. The molecule has 0 atom stereocenters. The normalized spacial score (nSPS) is 11.0. The van der Waals surface area contributed by atoms with Gasteiger partial charge in [0.25, 0.3) is 0 Å². The molecule has 0 aromatic heterocycles. The predicted octanol–water partition coefficient (Wildman–Crippen LogP) is -0.233. The standard InChI is InChI=1S/C10H24N4/c11-5-9-13-7-3-1-2-4-8-14-10-6-12/h3,7,13-14H,1-2,4-6,8-12H2. The summed E-state index contributed by atoms with van der Waals surface area (Å²) in [4.78, 5) is 0. The highest BCUT2D eigenvalue weighted by molar-refractivity contribution is 4.79. The van der Waals surface area contributed by atoms with E-state index >= 15 is 0 Å². The molecule has 0 unspecified atom stereocenters. The van der Waals surface area contributed by atoms with Gasteiger partial charge in [-0.2, -0.15) is 0 Å². The average Bonchev–Trinajstić information content (AvgIpc) is 2.21. The lowest BCUT2D eigenvalue weighted by Crippen LogP contribution is -2.23. The van der Waals surface area contributed by atoms with Gasteiger partial charge in [0.1, 0.15) is 0 Å². The van der Waals surface area contributed by atoms with Gasteiger partial charge >= 0.3 is 0 Å². The largest absolute Gasteiger partial charge is 0.390 e. The monoisotopic (exact) mass is 200 g/mol. The maximum Gasteiger partial charge on any atom is 0.0264 e. The molecule has 4 heteroatoms. The number of unbranched alkanes of at least 4 members (excludes halogenated alkanes) is 2. The van der Waals surface area contributed by atoms with E-state index in [2.05, 4.69) is 16.7 Å². The van der Waals surface area contributed by atoms with Crippen LogP contribution < -0.4 is 22.1 Å². The lowest BCUT2D eigenvalue weighted by molar-refractivity contribution is 0.630. The molecule has 84 valence electrons. The molecule has 6 N–H and O–H groups in total. The van der Waals surface area contributed by atoms with E-state index in [4.69, 9.17) is 11.5 Å². The molecule has 0 aliphatic heterocycles. The smallest absolute Gasteiger partial charge is 0.0264 e. The Balaban J connectivity index is 2.94. The Morgan fingerprint density at radius 3 is 2.43 bits per heavy atom. The quantitative estimate of drug-likeness (QED) is 0.367. The fraction of sp³-hybridized carbons (Fsp3) is 0.800. The molecule has 0 saturated heterocycles. The van der Waals surface area contributed by atoms with Crippen LogP contribution in [-0.2, 0) is 0 Å². The number of hydrogen-bond acceptors (Lipinski definition) is 4. The molecular formula is C10H24N4. The van der Waals surface area contributed by atoms with E-state index in [1.54, 1.807) is 0 Å². The fourth-order valence-corrected chi connectivity index (χ4v) is 1.07. The van der Waals surface area contributed by atoms with Gasteiger partial charge in [-0.3, -0.25) is 0 Å². The van der Waals surface area contributed by atoms with E-state index in [-0.39, 0.29) is 0 Å². The minimum Gasteiger partial charge on any atom is -0.390 e. The van der Waals surface area contributed by atoms with Crippen LogP contribution in [0.5, 0.6) is 0 Å². The highest BCUT2D eigenvalue weighted by atomic mass is 14.9. The van der Waals surface area contributed by atoms with Crippen LogP contribution in [0.1, 0.15) is 19.3 Å². The first-order chi connectivity index (χ1) is 6.91. The van der Waals surface area contributed by atoms with E-state index in [9.17, 15) is 0 Å². The first-order valence-electron chi connectivity index (χ1n) is 5.41. The van der Waals surface area contributed by atoms with Gasteiger partial charge in [-0.1, -0.05) is 6.08 Å². The molecule has 0 fully saturated rings. The Hall–Kier alpha value is -0.580. The zero-order valence-corrected chi connectivity index (χ0v) is 8.97. The number of hydrogen-bond donors (Lipinski definition) is 4. The van der Waals surface area contributed by atoms with Crippen molar-refractivity contribution in [1.29, 1.82) is 0 Å². The van der Waals surface area contributed by atoms with Crippen LogP contribution in [0.3, 0.4) is 0 Å². The summed E-state index contributed by atoms with van der Waals surface area (Å²) < 4.78 is 0. The third-order valence-electron chi connectivity index (χ3n) is 1.82. The number of allylic oxidation sites excluding steroid dienone is 1. The summed E-state index contributed by atoms with van der Waals surface area (Å²) in [6.45, 7) is 4.26. The molecule has 0 spiro atoms. The molecular weight excluding hydrogens is 176 g/mol. The molecule has 0 heterocycles. The van der Waals surface area contributed by atoms with Gasteiger partial charge in [0.2, 0.25) is 0 Å². The lowest BCUT2D eigenvalue weighted by atomic mass is 10.2. The molecule has 0 aromatic rings. The minimum absolute atomic E-state index is 0.688. The van der Waals surface area contributed by atoms with Gasteiger partial charge in [-0.25, -0.2) is 0 Å². The van der Waals surface area contributed by atoms with Gasteiger partial charge in [0.15, 0.2) is 0 Å². The zero-order chi connectivity index (χ0) is 10.5. The van der Waals surface area contributed by atoms with Gasteiger partial charge in [-0.15, -0.1) is 0 Å². The number of nitrogens with two attached hydrogens (primary N) is 2. The molecule has 14 heavy (non-hydrogen) atoms. The lowest BCUT2D eigenvalue weighted by Gasteiger charge is -2.00. The van der Waals surface area contributed by atoms with E-state index < -0.39 is 0 Å². The highest BCUT2D eigenvalue weighted by Gasteiger charge is 1.85. The average molecular weight is 200 g/mol. The van der Waals surface area contributed by atoms with Crippen molar-refractivity contribution in [2.24, 2.45) is 11.5 Å². The highest BCUT2D eigenvalue weighted by Crippen LogP contribution is 1.94. The number of rotatable bonds is 10. The summed E-state index contributed by atoms with van der Waals surface area (Å²) >= 11 is 0. The molecule has 4 nitrogen and oxygen atoms in total. The van der Waals surface area contributed by atoms with Crippen LogP contribution in [0.2, 0.25) is 0 Å². The minimum atomic E-state index is 0.688. The first-order valence-corrected chi connectivity index (χ1v) is 5.41. The van der Waals surface area contributed by atoms with Gasteiger partial charge < -0.3 is 22.1 Å². The Bertz CT molecular complexity index is 125. The summed E-state index contributed by atoms with van der Waals surface area (Å²) in [6, 6.07) is 0. The van der Waals surface area contributed by atoms with Crippen LogP contribution in [0.15, 0.2) is 12.3 Å². The second kappa shape index (κ2) is 12.4. The maximum absolute atomic E-state index is 5.35. The summed E-state index contributed by atoms with van der Waals surface area (Å²) in [7, 11) is 0. The second-order valence-corrected chi connectivity index (χ2v) is 3.18. The molecule has 0 rings (SSSR count). The Labute approximate surface area is 87.1 Å². The van der Waals surface area contributed by atoms with E-state index in [0.717, 1.165) is 32.6 Å². The molecule has 0 aromatic carbocycles. The zero-order valence-electron chi connectivity index (χ0n) is 8.97. The van der Waals surface area contributed by atoms with Crippen LogP contribution in [-0.4, -0.2) is 32.7 Å². The van der Waals surface area contributed by atoms with Crippen molar-refractivity contribution in [3.63, 3.8) is 0 Å². The predicted molar refractivity (Wildman–Crippen MR) is 62.0 cm³/mol. The van der Waals surface area contributed by atoms with Crippen molar-refractivity contribution in [3.05, 3.63) is 12.3 Å². The van der Waals surface area contributed by atoms with Crippen LogP contribution in [0.25, 0.3) is 0 Å². The molecule has 0 radical (unpaired) electrons. The van der Waals surface area contributed by atoms with Crippen molar-refractivity contribution in [2.45, 2.75) is 19.3 Å². The van der Waals surface area contributed by atoms with Crippen molar-refractivity contribution < 1.29 is 0 Å². The Kier molecular flexibility index (Phi) is 11.9. The van der Waals surface area contributed by atoms with Gasteiger partial charge in [0.05, 0.1) is 0 Å². The van der Waals surface area contributed by atoms with E-state index in [1.807, 2.05) is 6.20 Å². The van der Waals surface area contributed by atoms with E-state index in [1.165, 1.54) is 12.8 Å². The van der Waals surface area contributed by atoms with Gasteiger partial charge in [0, 0.05) is 26.2 Å². The number of nitrogens with one attached hydrogen (secondary N) is 2. The van der Waals surface area contributed by atoms with Gasteiger partial charge in [-0.05, 0) is 32.0 Å².